The van der Waals surface area contributed by atoms with Crippen LogP contribution in [0, 0.1) is 5.82 Å². The van der Waals surface area contributed by atoms with Crippen molar-refractivity contribution in [3.63, 3.8) is 0 Å². The van der Waals surface area contributed by atoms with Gasteiger partial charge >= 0.3 is 0 Å². The topological polar surface area (TPSA) is 51.0 Å². The summed E-state index contributed by atoms with van der Waals surface area (Å²) in [5.41, 5.74) is 2.12. The maximum absolute atomic E-state index is 13.5. The number of hydrogen-bond donors (Lipinski definition) is 0. The lowest BCUT2D eigenvalue weighted by Gasteiger charge is -2.22. The highest BCUT2D eigenvalue weighted by atomic mass is 19.1. The summed E-state index contributed by atoms with van der Waals surface area (Å²) in [5.74, 6) is 0.337. The molecule has 0 atom stereocenters. The van der Waals surface area contributed by atoms with E-state index in [0.717, 1.165) is 11.3 Å². The number of benzene rings is 1. The van der Waals surface area contributed by atoms with Gasteiger partial charge < -0.3 is 4.90 Å². The van der Waals surface area contributed by atoms with Gasteiger partial charge in [0.05, 0.1) is 17.5 Å². The Kier molecular flexibility index (Phi) is 5.64. The first kappa shape index (κ1) is 18.8. The third-order valence-corrected chi connectivity index (χ3v) is 4.38. The molecule has 0 saturated carbocycles. The Bertz CT molecular complexity index is 921. The van der Waals surface area contributed by atoms with E-state index in [4.69, 9.17) is 0 Å². The SMILES string of the molecule is CCN(Cc1cccc(F)c1)C(=O)c1cnn(-c2ccccn2)c1C(C)C. The molecule has 1 amide bonds. The van der Waals surface area contributed by atoms with Gasteiger partial charge in [0.15, 0.2) is 5.82 Å². The molecule has 0 spiro atoms. The number of amides is 1. The van der Waals surface area contributed by atoms with Crippen LogP contribution in [0.1, 0.15) is 48.3 Å². The quantitative estimate of drug-likeness (QED) is 0.657. The van der Waals surface area contributed by atoms with Crippen LogP contribution < -0.4 is 0 Å². The van der Waals surface area contributed by atoms with Crippen molar-refractivity contribution >= 4 is 5.91 Å². The molecule has 27 heavy (non-hydrogen) atoms. The molecule has 0 N–H and O–H groups in total. The van der Waals surface area contributed by atoms with Crippen molar-refractivity contribution in [1.29, 1.82) is 0 Å². The van der Waals surface area contributed by atoms with E-state index >= 15 is 0 Å². The number of hydrogen-bond acceptors (Lipinski definition) is 3. The molecule has 0 radical (unpaired) electrons. The number of aromatic nitrogens is 3. The number of carbonyl (C=O) groups is 1. The summed E-state index contributed by atoms with van der Waals surface area (Å²) < 4.78 is 15.2. The standard InChI is InChI=1S/C21H23FN4O/c1-4-25(14-16-8-7-9-17(22)12-16)21(27)18-13-24-26(20(18)15(2)3)19-10-5-6-11-23-19/h5-13,15H,4,14H2,1-3H3. The van der Waals surface area contributed by atoms with Crippen LogP contribution in [-0.2, 0) is 6.54 Å². The van der Waals surface area contributed by atoms with Crippen LogP contribution in [-0.4, -0.2) is 32.1 Å². The Morgan fingerprint density at radius 2 is 2.04 bits per heavy atom. The second kappa shape index (κ2) is 8.12. The predicted molar refractivity (Wildman–Crippen MR) is 102 cm³/mol. The molecule has 0 aliphatic heterocycles. The van der Waals surface area contributed by atoms with Crippen LogP contribution in [0.25, 0.3) is 5.82 Å². The smallest absolute Gasteiger partial charge is 0.257 e. The number of halogens is 1. The molecule has 2 heterocycles. The average Bonchev–Trinajstić information content (AvgIpc) is 3.12. The molecule has 3 aromatic rings. The fourth-order valence-corrected chi connectivity index (χ4v) is 3.09. The highest BCUT2D eigenvalue weighted by Crippen LogP contribution is 2.24. The molecular weight excluding hydrogens is 343 g/mol. The van der Waals surface area contributed by atoms with Crippen molar-refractivity contribution in [3.8, 4) is 5.82 Å². The fraction of sp³-hybridized carbons (Fsp3) is 0.286. The summed E-state index contributed by atoms with van der Waals surface area (Å²) in [4.78, 5) is 19.2. The normalized spacial score (nSPS) is 11.0. The number of pyridine rings is 1. The van der Waals surface area contributed by atoms with Crippen LogP contribution in [0.5, 0.6) is 0 Å². The molecule has 1 aromatic carbocycles. The van der Waals surface area contributed by atoms with E-state index in [1.807, 2.05) is 45.0 Å². The minimum Gasteiger partial charge on any atom is -0.334 e. The molecule has 6 heteroatoms. The van der Waals surface area contributed by atoms with E-state index in [-0.39, 0.29) is 17.6 Å². The third kappa shape index (κ3) is 4.05. The van der Waals surface area contributed by atoms with Crippen LogP contribution in [0.3, 0.4) is 0 Å². The summed E-state index contributed by atoms with van der Waals surface area (Å²) in [7, 11) is 0. The first-order valence-corrected chi connectivity index (χ1v) is 9.04. The Labute approximate surface area is 158 Å². The van der Waals surface area contributed by atoms with Gasteiger partial charge in [0.2, 0.25) is 0 Å². The van der Waals surface area contributed by atoms with E-state index in [2.05, 4.69) is 10.1 Å². The fourth-order valence-electron chi connectivity index (χ4n) is 3.09. The van der Waals surface area contributed by atoms with Gasteiger partial charge in [-0.1, -0.05) is 32.0 Å². The second-order valence-electron chi connectivity index (χ2n) is 6.65. The average molecular weight is 366 g/mol. The molecule has 2 aromatic heterocycles. The van der Waals surface area contributed by atoms with Gasteiger partial charge in [-0.05, 0) is 42.7 Å². The van der Waals surface area contributed by atoms with E-state index in [9.17, 15) is 9.18 Å². The monoisotopic (exact) mass is 366 g/mol. The van der Waals surface area contributed by atoms with Gasteiger partial charge in [0.1, 0.15) is 5.82 Å². The molecular formula is C21H23FN4O. The lowest BCUT2D eigenvalue weighted by molar-refractivity contribution is 0.0751. The molecule has 0 saturated heterocycles. The number of rotatable bonds is 6. The molecule has 0 unspecified atom stereocenters. The molecule has 0 bridgehead atoms. The van der Waals surface area contributed by atoms with Gasteiger partial charge in [-0.2, -0.15) is 5.10 Å². The number of carbonyl (C=O) groups excluding carboxylic acids is 1. The zero-order chi connectivity index (χ0) is 19.4. The summed E-state index contributed by atoms with van der Waals surface area (Å²) in [6.07, 6.45) is 3.30. The lowest BCUT2D eigenvalue weighted by Crippen LogP contribution is -2.31. The largest absolute Gasteiger partial charge is 0.334 e. The summed E-state index contributed by atoms with van der Waals surface area (Å²) in [6, 6.07) is 11.9. The van der Waals surface area contributed by atoms with E-state index in [1.54, 1.807) is 28.0 Å². The van der Waals surface area contributed by atoms with Crippen molar-refractivity contribution in [2.24, 2.45) is 0 Å². The lowest BCUT2D eigenvalue weighted by atomic mass is 10.0. The van der Waals surface area contributed by atoms with Crippen molar-refractivity contribution in [2.45, 2.75) is 33.2 Å². The minimum absolute atomic E-state index is 0.0846. The maximum atomic E-state index is 13.5. The summed E-state index contributed by atoms with van der Waals surface area (Å²) in [5, 5.41) is 4.41. The van der Waals surface area contributed by atoms with Crippen molar-refractivity contribution in [2.75, 3.05) is 6.54 Å². The van der Waals surface area contributed by atoms with Crippen LogP contribution in [0.2, 0.25) is 0 Å². The van der Waals surface area contributed by atoms with Gasteiger partial charge in [0, 0.05) is 19.3 Å². The summed E-state index contributed by atoms with van der Waals surface area (Å²) in [6.45, 7) is 6.82. The first-order chi connectivity index (χ1) is 13.0. The Morgan fingerprint density at radius 3 is 2.67 bits per heavy atom. The van der Waals surface area contributed by atoms with Crippen LogP contribution in [0.15, 0.2) is 54.9 Å². The molecule has 0 fully saturated rings. The minimum atomic E-state index is -0.304. The maximum Gasteiger partial charge on any atom is 0.257 e. The second-order valence-corrected chi connectivity index (χ2v) is 6.65. The van der Waals surface area contributed by atoms with Crippen LogP contribution >= 0.6 is 0 Å². The van der Waals surface area contributed by atoms with Gasteiger partial charge in [-0.25, -0.2) is 14.1 Å². The zero-order valence-electron chi connectivity index (χ0n) is 15.8. The Morgan fingerprint density at radius 1 is 1.22 bits per heavy atom. The molecule has 140 valence electrons. The van der Waals surface area contributed by atoms with Gasteiger partial charge in [-0.3, -0.25) is 4.79 Å². The summed E-state index contributed by atoms with van der Waals surface area (Å²) >= 11 is 0. The van der Waals surface area contributed by atoms with Crippen molar-refractivity contribution in [3.05, 3.63) is 77.5 Å². The van der Waals surface area contributed by atoms with Gasteiger partial charge in [-0.15, -0.1) is 0 Å². The van der Waals surface area contributed by atoms with Crippen LogP contribution in [0.4, 0.5) is 4.39 Å². The zero-order valence-corrected chi connectivity index (χ0v) is 15.8. The molecule has 0 aliphatic rings. The van der Waals surface area contributed by atoms with E-state index < -0.39 is 0 Å². The van der Waals surface area contributed by atoms with E-state index in [1.165, 1.54) is 12.1 Å². The third-order valence-electron chi connectivity index (χ3n) is 4.38. The Balaban J connectivity index is 1.94. The Hall–Kier alpha value is -3.02. The molecule has 3 rings (SSSR count). The van der Waals surface area contributed by atoms with Crippen molar-refractivity contribution in [1.82, 2.24) is 19.7 Å². The van der Waals surface area contributed by atoms with Crippen molar-refractivity contribution < 1.29 is 9.18 Å². The molecule has 5 nitrogen and oxygen atoms in total. The highest BCUT2D eigenvalue weighted by molar-refractivity contribution is 5.95. The number of nitrogens with zero attached hydrogens (tertiary/aromatic N) is 4. The first-order valence-electron chi connectivity index (χ1n) is 9.04. The molecule has 0 aliphatic carbocycles. The van der Waals surface area contributed by atoms with E-state index in [0.29, 0.717) is 24.5 Å². The predicted octanol–water partition coefficient (Wildman–Crippen LogP) is 4.19. The van der Waals surface area contributed by atoms with Gasteiger partial charge in [0.25, 0.3) is 5.91 Å². The highest BCUT2D eigenvalue weighted by Gasteiger charge is 2.24.